The summed E-state index contributed by atoms with van der Waals surface area (Å²) in [6.07, 6.45) is 0. The number of benzene rings is 2. The molecule has 1 heterocycles. The fourth-order valence-electron chi connectivity index (χ4n) is 3.50. The van der Waals surface area contributed by atoms with Gasteiger partial charge in [0.1, 0.15) is 11.5 Å². The average Bonchev–Trinajstić information content (AvgIpc) is 2.97. The Morgan fingerprint density at radius 2 is 1.90 bits per heavy atom. The molecule has 2 aromatic rings. The molecule has 1 amide bonds. The van der Waals surface area contributed by atoms with Gasteiger partial charge < -0.3 is 19.6 Å². The number of nitrogens with zero attached hydrogens (tertiary/aromatic N) is 2. The van der Waals surface area contributed by atoms with E-state index in [1.54, 1.807) is 48.5 Å². The molecular weight excluding hydrogens is 404 g/mol. The van der Waals surface area contributed by atoms with E-state index in [0.29, 0.717) is 41.6 Å². The lowest BCUT2D eigenvalue weighted by molar-refractivity contribution is -0.140. The molecule has 0 spiro atoms. The van der Waals surface area contributed by atoms with Crippen molar-refractivity contribution in [3.8, 4) is 5.75 Å². The highest BCUT2D eigenvalue weighted by Gasteiger charge is 2.45. The molecule has 1 saturated heterocycles. The topological polar surface area (TPSA) is 70.1 Å². The number of ketones is 1. The molecule has 2 aromatic carbocycles. The Bertz CT molecular complexity index is 987. The second kappa shape index (κ2) is 9.32. The van der Waals surface area contributed by atoms with Crippen molar-refractivity contribution < 1.29 is 19.4 Å². The molecule has 1 unspecified atom stereocenters. The quantitative estimate of drug-likeness (QED) is 0.413. The predicted molar refractivity (Wildman–Crippen MR) is 117 cm³/mol. The molecule has 158 valence electrons. The highest BCUT2D eigenvalue weighted by atomic mass is 35.5. The molecule has 0 saturated carbocycles. The van der Waals surface area contributed by atoms with E-state index in [9.17, 15) is 14.7 Å². The molecule has 0 radical (unpaired) electrons. The van der Waals surface area contributed by atoms with E-state index in [4.69, 9.17) is 16.3 Å². The van der Waals surface area contributed by atoms with Crippen LogP contribution >= 0.6 is 11.6 Å². The largest absolute Gasteiger partial charge is 0.507 e. The monoisotopic (exact) mass is 428 g/mol. The van der Waals surface area contributed by atoms with E-state index in [1.807, 2.05) is 25.9 Å². The first-order valence-electron chi connectivity index (χ1n) is 9.75. The van der Waals surface area contributed by atoms with Crippen molar-refractivity contribution in [2.24, 2.45) is 0 Å². The van der Waals surface area contributed by atoms with Crippen LogP contribution in [0.1, 0.15) is 24.1 Å². The number of hydrogen-bond donors (Lipinski definition) is 1. The molecule has 0 aromatic heterocycles. The van der Waals surface area contributed by atoms with E-state index < -0.39 is 17.7 Å². The van der Waals surface area contributed by atoms with Gasteiger partial charge in [-0.25, -0.2) is 0 Å². The van der Waals surface area contributed by atoms with Crippen LogP contribution in [0.25, 0.3) is 5.76 Å². The number of amides is 1. The van der Waals surface area contributed by atoms with Gasteiger partial charge in [0.15, 0.2) is 0 Å². The van der Waals surface area contributed by atoms with Crippen LogP contribution < -0.4 is 4.74 Å². The number of halogens is 1. The molecule has 7 heteroatoms. The summed E-state index contributed by atoms with van der Waals surface area (Å²) < 4.78 is 5.50. The first kappa shape index (κ1) is 21.9. The molecule has 1 aliphatic rings. The Morgan fingerprint density at radius 1 is 1.17 bits per heavy atom. The van der Waals surface area contributed by atoms with E-state index in [-0.39, 0.29) is 11.3 Å². The van der Waals surface area contributed by atoms with Crippen molar-refractivity contribution >= 4 is 29.1 Å². The van der Waals surface area contributed by atoms with Crippen LogP contribution in [0.4, 0.5) is 0 Å². The molecule has 1 fully saturated rings. The number of aliphatic hydroxyl groups excluding tert-OH is 1. The van der Waals surface area contributed by atoms with Crippen molar-refractivity contribution in [1.29, 1.82) is 0 Å². The van der Waals surface area contributed by atoms with Gasteiger partial charge in [-0.05, 0) is 50.8 Å². The normalized spacial score (nSPS) is 18.3. The lowest BCUT2D eigenvalue weighted by Crippen LogP contribution is -2.35. The summed E-state index contributed by atoms with van der Waals surface area (Å²) in [6, 6.07) is 13.1. The molecule has 1 atom stereocenters. The maximum atomic E-state index is 13.0. The van der Waals surface area contributed by atoms with Crippen molar-refractivity contribution in [2.45, 2.75) is 13.0 Å². The van der Waals surface area contributed by atoms with E-state index in [0.717, 1.165) is 0 Å². The number of ether oxygens (including phenoxy) is 1. The van der Waals surface area contributed by atoms with Crippen molar-refractivity contribution in [3.05, 3.63) is 70.3 Å². The fraction of sp³-hybridized carbons (Fsp3) is 0.304. The van der Waals surface area contributed by atoms with Gasteiger partial charge in [0, 0.05) is 23.7 Å². The number of rotatable bonds is 7. The van der Waals surface area contributed by atoms with Gasteiger partial charge in [-0.15, -0.1) is 0 Å². The second-order valence-electron chi connectivity index (χ2n) is 7.31. The third-order valence-electron chi connectivity index (χ3n) is 4.91. The molecule has 3 rings (SSSR count). The number of likely N-dealkylation sites (N-methyl/N-ethyl adjacent to an activating group) is 1. The molecular formula is C23H25ClN2O4. The van der Waals surface area contributed by atoms with Gasteiger partial charge in [0.05, 0.1) is 18.2 Å². The predicted octanol–water partition coefficient (Wildman–Crippen LogP) is 3.72. The Morgan fingerprint density at radius 3 is 2.57 bits per heavy atom. The number of hydrogen-bond acceptors (Lipinski definition) is 5. The van der Waals surface area contributed by atoms with Gasteiger partial charge in [0.2, 0.25) is 0 Å². The SMILES string of the molecule is CCOc1cccc(C(O)=C2C(=O)C(=O)N(CCN(C)C)C2c2cccc(Cl)c2)c1. The standard InChI is InChI=1S/C23H25ClN2O4/c1-4-30-18-10-6-8-16(14-18)21(27)19-20(15-7-5-9-17(24)13-15)26(12-11-25(2)3)23(29)22(19)28/h5-10,13-14,20,27H,4,11-12H2,1-3H3. The van der Waals surface area contributed by atoms with Crippen LogP contribution in [0.3, 0.4) is 0 Å². The summed E-state index contributed by atoms with van der Waals surface area (Å²) in [5, 5.41) is 11.6. The average molecular weight is 429 g/mol. The first-order chi connectivity index (χ1) is 14.3. The van der Waals surface area contributed by atoms with Gasteiger partial charge in [-0.3, -0.25) is 9.59 Å². The van der Waals surface area contributed by atoms with Crippen LogP contribution in [0.5, 0.6) is 5.75 Å². The lowest BCUT2D eigenvalue weighted by atomic mass is 9.95. The maximum Gasteiger partial charge on any atom is 0.295 e. The van der Waals surface area contributed by atoms with E-state index in [2.05, 4.69) is 0 Å². The molecule has 6 nitrogen and oxygen atoms in total. The highest BCUT2D eigenvalue weighted by molar-refractivity contribution is 6.46. The molecule has 1 N–H and O–H groups in total. The Balaban J connectivity index is 2.14. The Labute approximate surface area is 181 Å². The summed E-state index contributed by atoms with van der Waals surface area (Å²) >= 11 is 6.18. The molecule has 0 bridgehead atoms. The molecule has 0 aliphatic carbocycles. The second-order valence-corrected chi connectivity index (χ2v) is 7.75. The van der Waals surface area contributed by atoms with Crippen molar-refractivity contribution in [1.82, 2.24) is 9.80 Å². The summed E-state index contributed by atoms with van der Waals surface area (Å²) in [5.74, 6) is -1.00. The summed E-state index contributed by atoms with van der Waals surface area (Å²) in [5.41, 5.74) is 1.14. The zero-order chi connectivity index (χ0) is 21.8. The highest BCUT2D eigenvalue weighted by Crippen LogP contribution is 2.40. The van der Waals surface area contributed by atoms with Crippen molar-refractivity contribution in [3.63, 3.8) is 0 Å². The summed E-state index contributed by atoms with van der Waals surface area (Å²) in [7, 11) is 3.79. The van der Waals surface area contributed by atoms with Gasteiger partial charge >= 0.3 is 0 Å². The summed E-state index contributed by atoms with van der Waals surface area (Å²) in [4.78, 5) is 29.2. The number of aliphatic hydroxyl groups is 1. The van der Waals surface area contributed by atoms with Gasteiger partial charge in [-0.2, -0.15) is 0 Å². The minimum absolute atomic E-state index is 0.0506. The van der Waals surface area contributed by atoms with Crippen LogP contribution in [0.15, 0.2) is 54.1 Å². The lowest BCUT2D eigenvalue weighted by Gasteiger charge is -2.26. The molecule has 30 heavy (non-hydrogen) atoms. The Kier molecular flexibility index (Phi) is 6.80. The number of carbonyl (C=O) groups is 2. The minimum atomic E-state index is -0.723. The number of Topliss-reactive ketones (excluding diaryl/α,β-unsaturated/α-hetero) is 1. The third-order valence-corrected chi connectivity index (χ3v) is 5.15. The minimum Gasteiger partial charge on any atom is -0.507 e. The Hall–Kier alpha value is -2.83. The summed E-state index contributed by atoms with van der Waals surface area (Å²) in [6.45, 7) is 3.25. The molecule has 1 aliphatic heterocycles. The van der Waals surface area contributed by atoms with Crippen LogP contribution in [0, 0.1) is 0 Å². The number of likely N-dealkylation sites (tertiary alicyclic amines) is 1. The van der Waals surface area contributed by atoms with E-state index >= 15 is 0 Å². The van der Waals surface area contributed by atoms with Gasteiger partial charge in [-0.1, -0.05) is 35.9 Å². The number of carbonyl (C=O) groups excluding carboxylic acids is 2. The van der Waals surface area contributed by atoms with Crippen LogP contribution in [0.2, 0.25) is 5.02 Å². The first-order valence-corrected chi connectivity index (χ1v) is 10.1. The van der Waals surface area contributed by atoms with Crippen LogP contribution in [-0.2, 0) is 9.59 Å². The third kappa shape index (κ3) is 4.50. The smallest absolute Gasteiger partial charge is 0.295 e. The zero-order valence-electron chi connectivity index (χ0n) is 17.3. The van der Waals surface area contributed by atoms with E-state index in [1.165, 1.54) is 4.90 Å². The zero-order valence-corrected chi connectivity index (χ0v) is 18.0. The van der Waals surface area contributed by atoms with Crippen molar-refractivity contribution in [2.75, 3.05) is 33.8 Å². The fourth-order valence-corrected chi connectivity index (χ4v) is 3.70. The maximum absolute atomic E-state index is 13.0. The van der Waals surface area contributed by atoms with Crippen LogP contribution in [-0.4, -0.2) is 60.4 Å². The van der Waals surface area contributed by atoms with Gasteiger partial charge in [0.25, 0.3) is 11.7 Å².